The first-order valence-electron chi connectivity index (χ1n) is 16.9. The van der Waals surface area contributed by atoms with Crippen LogP contribution in [0.5, 0.6) is 0 Å². The summed E-state index contributed by atoms with van der Waals surface area (Å²) in [7, 11) is 0. The minimum absolute atomic E-state index is 0.0632. The van der Waals surface area contributed by atoms with E-state index < -0.39 is 27.9 Å². The molecule has 47 heavy (non-hydrogen) atoms. The second-order valence-corrected chi connectivity index (χ2v) is 18.0. The zero-order valence-corrected chi connectivity index (χ0v) is 29.4. The highest BCUT2D eigenvalue weighted by molar-refractivity contribution is 5.34. The third-order valence-electron chi connectivity index (χ3n) is 10.7. The summed E-state index contributed by atoms with van der Waals surface area (Å²) in [5, 5.41) is 0. The second kappa shape index (κ2) is 13.2. The van der Waals surface area contributed by atoms with Crippen LogP contribution in [0.2, 0.25) is 0 Å². The molecule has 3 fully saturated rings. The average Bonchev–Trinajstić information content (AvgIpc) is 2.89. The molecule has 12 nitrogen and oxygen atoms in total. The van der Waals surface area contributed by atoms with E-state index in [1.54, 1.807) is 18.2 Å². The number of aliphatic imine (C=N–C) groups is 3. The summed E-state index contributed by atoms with van der Waals surface area (Å²) in [6.07, 6.45) is 10.8. The van der Waals surface area contributed by atoms with Gasteiger partial charge in [-0.05, 0) is 90.8 Å². The maximum Gasteiger partial charge on any atom is 0.336 e. The fraction of sp³-hybridized carbons (Fsp3) is 0.829. The lowest BCUT2D eigenvalue weighted by Crippen LogP contribution is -2.58. The van der Waals surface area contributed by atoms with Crippen molar-refractivity contribution in [1.82, 2.24) is 13.7 Å². The van der Waals surface area contributed by atoms with E-state index in [1.807, 2.05) is 13.8 Å². The molecule has 4 rings (SSSR count). The van der Waals surface area contributed by atoms with Crippen LogP contribution in [0.1, 0.15) is 113 Å². The van der Waals surface area contributed by atoms with Crippen LogP contribution >= 0.6 is 0 Å². The lowest BCUT2D eigenvalue weighted by atomic mass is 9.62. The summed E-state index contributed by atoms with van der Waals surface area (Å²) in [4.78, 5) is 88.6. The minimum atomic E-state index is -0.663. The topological polar surface area (TPSA) is 154 Å². The molecule has 1 aromatic rings. The minimum Gasteiger partial charge on any atom is -0.247 e. The number of hydrogen-bond acceptors (Lipinski definition) is 9. The maximum atomic E-state index is 14.3. The van der Waals surface area contributed by atoms with Gasteiger partial charge in [0.25, 0.3) is 0 Å². The smallest absolute Gasteiger partial charge is 0.247 e. The highest BCUT2D eigenvalue weighted by Crippen LogP contribution is 2.49. The predicted molar refractivity (Wildman–Crippen MR) is 178 cm³/mol. The molecular weight excluding hydrogens is 600 g/mol. The number of aromatic nitrogens is 3. The van der Waals surface area contributed by atoms with Crippen molar-refractivity contribution in [3.8, 4) is 0 Å². The van der Waals surface area contributed by atoms with E-state index in [4.69, 9.17) is 0 Å². The van der Waals surface area contributed by atoms with Crippen molar-refractivity contribution in [1.29, 1.82) is 0 Å². The van der Waals surface area contributed by atoms with Crippen molar-refractivity contribution in [2.45, 2.75) is 151 Å². The lowest BCUT2D eigenvalue weighted by Gasteiger charge is -2.46. The highest BCUT2D eigenvalue weighted by Gasteiger charge is 2.45. The first-order chi connectivity index (χ1) is 21.7. The molecule has 0 N–H and O–H groups in total. The molecule has 1 heterocycles. The summed E-state index contributed by atoms with van der Waals surface area (Å²) in [6.45, 7) is 16.8. The molecule has 6 atom stereocenters. The van der Waals surface area contributed by atoms with Crippen LogP contribution in [-0.2, 0) is 34.0 Å². The van der Waals surface area contributed by atoms with Crippen LogP contribution in [0.25, 0.3) is 0 Å². The zero-order valence-electron chi connectivity index (χ0n) is 29.4. The van der Waals surface area contributed by atoms with Gasteiger partial charge in [0, 0.05) is 19.6 Å². The molecule has 0 aliphatic heterocycles. The maximum absolute atomic E-state index is 14.3. The van der Waals surface area contributed by atoms with Gasteiger partial charge in [0.2, 0.25) is 18.2 Å². The lowest BCUT2D eigenvalue weighted by molar-refractivity contribution is 0.0577. The zero-order chi connectivity index (χ0) is 35.0. The van der Waals surface area contributed by atoms with Gasteiger partial charge >= 0.3 is 17.1 Å². The Morgan fingerprint density at radius 2 is 0.936 bits per heavy atom. The number of hydrogen-bond donors (Lipinski definition) is 0. The van der Waals surface area contributed by atoms with Gasteiger partial charge < -0.3 is 0 Å². The fourth-order valence-corrected chi connectivity index (χ4v) is 10.2. The van der Waals surface area contributed by atoms with Crippen molar-refractivity contribution in [2.24, 2.45) is 48.0 Å². The molecule has 6 unspecified atom stereocenters. The van der Waals surface area contributed by atoms with Gasteiger partial charge in [-0.1, -0.05) is 55.4 Å². The Morgan fingerprint density at radius 1 is 0.553 bits per heavy atom. The summed E-state index contributed by atoms with van der Waals surface area (Å²) in [5.41, 5.74) is -3.68. The number of nitrogens with zero attached hydrogens (tertiary/aromatic N) is 6. The average molecular weight is 653 g/mol. The molecule has 0 amide bonds. The molecule has 12 heteroatoms. The van der Waals surface area contributed by atoms with Gasteiger partial charge in [0.1, 0.15) is 0 Å². The van der Waals surface area contributed by atoms with Crippen LogP contribution in [0.15, 0.2) is 29.4 Å². The van der Waals surface area contributed by atoms with Crippen LogP contribution in [-0.4, -0.2) is 50.1 Å². The van der Waals surface area contributed by atoms with Crippen LogP contribution in [0, 0.1) is 33.0 Å². The van der Waals surface area contributed by atoms with Crippen molar-refractivity contribution < 1.29 is 14.4 Å². The third-order valence-corrected chi connectivity index (χ3v) is 10.7. The molecule has 0 radical (unpaired) electrons. The van der Waals surface area contributed by atoms with Crippen molar-refractivity contribution >= 4 is 18.2 Å². The van der Waals surface area contributed by atoms with E-state index in [9.17, 15) is 28.8 Å². The largest absolute Gasteiger partial charge is 0.336 e. The SMILES string of the molecule is CC1(C)CC(Cn2c(=O)n(CC3(C)CC(N=C=O)CC(C)(C)C3)c(=O)n(CC3(C)CC(N=C=O)CC(C)(C)C3)c2=O)CC(N=C=O)C1. The van der Waals surface area contributed by atoms with Gasteiger partial charge in [-0.25, -0.2) is 57.4 Å². The molecule has 3 aliphatic carbocycles. The summed E-state index contributed by atoms with van der Waals surface area (Å²) in [5.74, 6) is -0.128. The van der Waals surface area contributed by atoms with Gasteiger partial charge in [-0.2, -0.15) is 0 Å². The molecule has 0 aromatic carbocycles. The van der Waals surface area contributed by atoms with Crippen LogP contribution in [0.4, 0.5) is 0 Å². The van der Waals surface area contributed by atoms with E-state index in [0.29, 0.717) is 51.4 Å². The third kappa shape index (κ3) is 8.72. The normalized spacial score (nSPS) is 32.7. The molecular formula is C35H52N6O6. The van der Waals surface area contributed by atoms with Gasteiger partial charge in [0.15, 0.2) is 0 Å². The highest BCUT2D eigenvalue weighted by atomic mass is 16.2. The number of carbonyl (C=O) groups excluding carboxylic acids is 3. The predicted octanol–water partition coefficient (Wildman–Crippen LogP) is 4.54. The second-order valence-electron chi connectivity index (χ2n) is 18.0. The molecule has 0 bridgehead atoms. The van der Waals surface area contributed by atoms with E-state index in [2.05, 4.69) is 56.5 Å². The monoisotopic (exact) mass is 652 g/mol. The van der Waals surface area contributed by atoms with Gasteiger partial charge in [-0.3, -0.25) is 0 Å². The standard InChI is InChI=1S/C35H52N6O6/c1-31(2)10-24(9-25(11-31)36-21-42)16-39-28(45)40(19-34(7)14-26(37-22-43)12-32(3,4)17-34)30(47)41(29(39)46)20-35(8)15-27(38-23-44)13-33(5,6)18-35/h24-27H,9-20H2,1-8H3. The summed E-state index contributed by atoms with van der Waals surface area (Å²) < 4.78 is 3.61. The molecule has 0 spiro atoms. The molecule has 3 saturated carbocycles. The quantitative estimate of drug-likeness (QED) is 0.282. The van der Waals surface area contributed by atoms with Crippen molar-refractivity contribution in [2.75, 3.05) is 0 Å². The Hall–Kier alpha value is -3.45. The Kier molecular flexibility index (Phi) is 10.2. The Morgan fingerprint density at radius 3 is 1.36 bits per heavy atom. The molecule has 3 aliphatic rings. The van der Waals surface area contributed by atoms with Crippen molar-refractivity contribution in [3.63, 3.8) is 0 Å². The number of rotatable bonds is 9. The van der Waals surface area contributed by atoms with E-state index in [-0.39, 0.29) is 59.9 Å². The molecule has 0 saturated heterocycles. The van der Waals surface area contributed by atoms with Gasteiger partial charge in [0.05, 0.1) is 18.1 Å². The van der Waals surface area contributed by atoms with Crippen molar-refractivity contribution in [3.05, 3.63) is 31.5 Å². The number of isocyanates is 3. The Balaban J connectivity index is 1.85. The van der Waals surface area contributed by atoms with Crippen LogP contribution in [0.3, 0.4) is 0 Å². The first-order valence-corrected chi connectivity index (χ1v) is 16.9. The Labute approximate surface area is 276 Å². The fourth-order valence-electron chi connectivity index (χ4n) is 10.2. The van der Waals surface area contributed by atoms with Crippen LogP contribution < -0.4 is 17.1 Å². The van der Waals surface area contributed by atoms with E-state index in [1.165, 1.54) is 13.7 Å². The molecule has 258 valence electrons. The summed E-state index contributed by atoms with van der Waals surface area (Å²) in [6, 6.07) is -0.838. The van der Waals surface area contributed by atoms with E-state index in [0.717, 1.165) is 6.42 Å². The van der Waals surface area contributed by atoms with E-state index >= 15 is 0 Å². The Bertz CT molecular complexity index is 1590. The van der Waals surface area contributed by atoms with Gasteiger partial charge in [-0.15, -0.1) is 0 Å². The summed E-state index contributed by atoms with van der Waals surface area (Å²) >= 11 is 0. The molecule has 1 aromatic heterocycles. The first kappa shape index (κ1) is 36.4.